The number of nitrogens with zero attached hydrogens (tertiary/aromatic N) is 4. The van der Waals surface area contributed by atoms with Crippen molar-refractivity contribution in [2.24, 2.45) is 10.9 Å². The largest absolute Gasteiger partial charge is 0.482 e. The standard InChI is InChI=1S/C22H35N5O2.HI/c1-4-25(5-2)15-18-11-14-26(16-18)22(23-3)24-12-8-13-27-19-9-6-7-10-20(19)29-17-21(27)28;/h6-7,9-10,18H,4-5,8,11-17H2,1-3H3,(H,23,24);1H. The maximum absolute atomic E-state index is 12.3. The highest BCUT2D eigenvalue weighted by Crippen LogP contribution is 2.31. The summed E-state index contributed by atoms with van der Waals surface area (Å²) in [6.07, 6.45) is 2.08. The molecule has 0 saturated carbocycles. The monoisotopic (exact) mass is 529 g/mol. The Morgan fingerprint density at radius 3 is 2.80 bits per heavy atom. The summed E-state index contributed by atoms with van der Waals surface area (Å²) in [5.41, 5.74) is 0.868. The predicted octanol–water partition coefficient (Wildman–Crippen LogP) is 2.66. The van der Waals surface area contributed by atoms with E-state index < -0.39 is 0 Å². The Labute approximate surface area is 197 Å². The van der Waals surface area contributed by atoms with Crippen LogP contribution in [0.5, 0.6) is 5.75 Å². The van der Waals surface area contributed by atoms with Gasteiger partial charge < -0.3 is 24.8 Å². The third-order valence-corrected chi connectivity index (χ3v) is 5.86. The first-order chi connectivity index (χ1) is 14.2. The number of halogens is 1. The van der Waals surface area contributed by atoms with E-state index in [9.17, 15) is 4.79 Å². The highest BCUT2D eigenvalue weighted by molar-refractivity contribution is 14.0. The van der Waals surface area contributed by atoms with Crippen LogP contribution in [0.25, 0.3) is 0 Å². The lowest BCUT2D eigenvalue weighted by Gasteiger charge is -2.29. The summed E-state index contributed by atoms with van der Waals surface area (Å²) in [4.78, 5) is 23.4. The molecule has 7 nitrogen and oxygen atoms in total. The van der Waals surface area contributed by atoms with Crippen LogP contribution in [0.1, 0.15) is 26.7 Å². The smallest absolute Gasteiger partial charge is 0.265 e. The lowest BCUT2D eigenvalue weighted by molar-refractivity contribution is -0.121. The lowest BCUT2D eigenvalue weighted by Crippen LogP contribution is -2.43. The summed E-state index contributed by atoms with van der Waals surface area (Å²) in [5, 5.41) is 3.48. The molecule has 30 heavy (non-hydrogen) atoms. The number of hydrogen-bond acceptors (Lipinski definition) is 4. The van der Waals surface area contributed by atoms with Crippen molar-refractivity contribution < 1.29 is 9.53 Å². The first-order valence-corrected chi connectivity index (χ1v) is 10.9. The van der Waals surface area contributed by atoms with Crippen molar-refractivity contribution in [1.29, 1.82) is 0 Å². The zero-order chi connectivity index (χ0) is 20.6. The second-order valence-electron chi connectivity index (χ2n) is 7.72. The zero-order valence-electron chi connectivity index (χ0n) is 18.5. The van der Waals surface area contributed by atoms with Crippen molar-refractivity contribution in [1.82, 2.24) is 15.1 Å². The minimum Gasteiger partial charge on any atom is -0.482 e. The topological polar surface area (TPSA) is 60.4 Å². The molecule has 1 fully saturated rings. The van der Waals surface area contributed by atoms with Crippen LogP contribution in [-0.2, 0) is 4.79 Å². The minimum atomic E-state index is 0. The zero-order valence-corrected chi connectivity index (χ0v) is 20.8. The van der Waals surface area contributed by atoms with Gasteiger partial charge in [0, 0.05) is 39.8 Å². The molecule has 0 radical (unpaired) electrons. The quantitative estimate of drug-likeness (QED) is 0.243. The van der Waals surface area contributed by atoms with E-state index in [1.807, 2.05) is 36.2 Å². The number of para-hydroxylation sites is 2. The van der Waals surface area contributed by atoms with Crippen molar-refractivity contribution in [2.75, 3.05) is 64.4 Å². The van der Waals surface area contributed by atoms with Crippen LogP contribution in [-0.4, -0.2) is 81.1 Å². The maximum Gasteiger partial charge on any atom is 0.265 e. The summed E-state index contributed by atoms with van der Waals surface area (Å²) in [7, 11) is 1.85. The molecule has 1 atom stereocenters. The maximum atomic E-state index is 12.3. The minimum absolute atomic E-state index is 0. The molecule has 1 unspecified atom stereocenters. The Kier molecular flexibility index (Phi) is 10.2. The Morgan fingerprint density at radius 2 is 2.07 bits per heavy atom. The van der Waals surface area contributed by atoms with Gasteiger partial charge in [-0.1, -0.05) is 26.0 Å². The van der Waals surface area contributed by atoms with Crippen molar-refractivity contribution in [3.8, 4) is 5.75 Å². The average molecular weight is 529 g/mol. The second kappa shape index (κ2) is 12.3. The van der Waals surface area contributed by atoms with Gasteiger partial charge in [0.15, 0.2) is 12.6 Å². The molecule has 3 rings (SSSR count). The molecule has 1 N–H and O–H groups in total. The number of likely N-dealkylation sites (tertiary alicyclic amines) is 1. The number of benzene rings is 1. The van der Waals surface area contributed by atoms with Gasteiger partial charge in [-0.3, -0.25) is 9.79 Å². The first kappa shape index (κ1) is 24.7. The molecule has 0 bridgehead atoms. The summed E-state index contributed by atoms with van der Waals surface area (Å²) >= 11 is 0. The van der Waals surface area contributed by atoms with Gasteiger partial charge in [0.05, 0.1) is 5.69 Å². The summed E-state index contributed by atoms with van der Waals surface area (Å²) in [6.45, 7) is 11.6. The number of guanidine groups is 1. The van der Waals surface area contributed by atoms with Gasteiger partial charge in [-0.05, 0) is 44.0 Å². The highest BCUT2D eigenvalue weighted by atomic mass is 127. The number of amides is 1. The van der Waals surface area contributed by atoms with E-state index in [1.54, 1.807) is 0 Å². The van der Waals surface area contributed by atoms with Gasteiger partial charge >= 0.3 is 0 Å². The Hall–Kier alpha value is -1.55. The fourth-order valence-corrected chi connectivity index (χ4v) is 4.19. The molecule has 1 aromatic rings. The van der Waals surface area contributed by atoms with Crippen LogP contribution in [0, 0.1) is 5.92 Å². The molecule has 2 aliphatic heterocycles. The van der Waals surface area contributed by atoms with Crippen molar-refractivity contribution in [3.63, 3.8) is 0 Å². The first-order valence-electron chi connectivity index (χ1n) is 10.9. The molecule has 1 amide bonds. The normalized spacial score (nSPS) is 18.9. The number of aliphatic imine (C=N–C) groups is 1. The van der Waals surface area contributed by atoms with E-state index in [1.165, 1.54) is 13.0 Å². The summed E-state index contributed by atoms with van der Waals surface area (Å²) < 4.78 is 5.51. The van der Waals surface area contributed by atoms with Gasteiger partial charge in [0.25, 0.3) is 5.91 Å². The average Bonchev–Trinajstić information content (AvgIpc) is 3.21. The molecule has 0 spiro atoms. The van der Waals surface area contributed by atoms with Crippen LogP contribution in [0.2, 0.25) is 0 Å². The Morgan fingerprint density at radius 1 is 1.30 bits per heavy atom. The van der Waals surface area contributed by atoms with E-state index in [0.29, 0.717) is 12.5 Å². The van der Waals surface area contributed by atoms with Crippen LogP contribution in [0.4, 0.5) is 5.69 Å². The van der Waals surface area contributed by atoms with Crippen LogP contribution in [0.15, 0.2) is 29.3 Å². The van der Waals surface area contributed by atoms with Gasteiger partial charge in [-0.2, -0.15) is 0 Å². The summed E-state index contributed by atoms with van der Waals surface area (Å²) in [6, 6.07) is 7.73. The number of anilines is 1. The van der Waals surface area contributed by atoms with Crippen molar-refractivity contribution >= 4 is 41.5 Å². The Balaban J connectivity index is 0.00000320. The van der Waals surface area contributed by atoms with Crippen LogP contribution in [0.3, 0.4) is 0 Å². The SMILES string of the molecule is CCN(CC)CC1CCN(C(=NC)NCCCN2C(=O)COc3ccccc32)C1.I. The molecule has 2 heterocycles. The number of rotatable bonds is 8. The number of hydrogen-bond donors (Lipinski definition) is 1. The molecule has 0 aromatic heterocycles. The van der Waals surface area contributed by atoms with Gasteiger partial charge in [0.2, 0.25) is 0 Å². The van der Waals surface area contributed by atoms with E-state index >= 15 is 0 Å². The van der Waals surface area contributed by atoms with Gasteiger partial charge in [-0.15, -0.1) is 24.0 Å². The predicted molar refractivity (Wildman–Crippen MR) is 133 cm³/mol. The number of ether oxygens (including phenoxy) is 1. The number of carbonyl (C=O) groups is 1. The number of carbonyl (C=O) groups excluding carboxylic acids is 1. The second-order valence-corrected chi connectivity index (χ2v) is 7.72. The highest BCUT2D eigenvalue weighted by Gasteiger charge is 2.27. The molecule has 1 aromatic carbocycles. The fraction of sp³-hybridized carbons (Fsp3) is 0.636. The van der Waals surface area contributed by atoms with E-state index in [2.05, 4.69) is 34.0 Å². The van der Waals surface area contributed by atoms with Gasteiger partial charge in [-0.25, -0.2) is 0 Å². The lowest BCUT2D eigenvalue weighted by atomic mass is 10.1. The molecule has 2 aliphatic rings. The van der Waals surface area contributed by atoms with E-state index in [-0.39, 0.29) is 36.5 Å². The van der Waals surface area contributed by atoms with Crippen molar-refractivity contribution in [3.05, 3.63) is 24.3 Å². The van der Waals surface area contributed by atoms with E-state index in [4.69, 9.17) is 4.74 Å². The third kappa shape index (κ3) is 6.23. The molecule has 8 heteroatoms. The molecular formula is C22H36IN5O2. The van der Waals surface area contributed by atoms with Crippen LogP contribution >= 0.6 is 24.0 Å². The summed E-state index contributed by atoms with van der Waals surface area (Å²) in [5.74, 6) is 2.48. The Bertz CT molecular complexity index is 711. The number of fused-ring (bicyclic) bond motifs is 1. The van der Waals surface area contributed by atoms with Crippen LogP contribution < -0.4 is 15.0 Å². The van der Waals surface area contributed by atoms with E-state index in [0.717, 1.165) is 56.5 Å². The third-order valence-electron chi connectivity index (χ3n) is 5.86. The van der Waals surface area contributed by atoms with Gasteiger partial charge in [0.1, 0.15) is 5.75 Å². The molecule has 1 saturated heterocycles. The molecule has 0 aliphatic carbocycles. The van der Waals surface area contributed by atoms with Crippen molar-refractivity contribution in [2.45, 2.75) is 26.7 Å². The fourth-order valence-electron chi connectivity index (χ4n) is 4.19. The number of nitrogens with one attached hydrogen (secondary N) is 1. The molecule has 168 valence electrons. The molecular weight excluding hydrogens is 493 g/mol.